The van der Waals surface area contributed by atoms with E-state index in [4.69, 9.17) is 14.0 Å². The van der Waals surface area contributed by atoms with Gasteiger partial charge in [-0.25, -0.2) is 9.68 Å². The van der Waals surface area contributed by atoms with Crippen LogP contribution in [0.5, 0.6) is 0 Å². The molecule has 0 fully saturated rings. The van der Waals surface area contributed by atoms with E-state index in [0.29, 0.717) is 5.56 Å². The minimum atomic E-state index is -4.10. The van der Waals surface area contributed by atoms with Crippen LogP contribution in [0, 0.1) is 0 Å². The fourth-order valence-corrected chi connectivity index (χ4v) is 2.86. The fraction of sp³-hybridized carbons (Fsp3) is 0.381. The zero-order valence-corrected chi connectivity index (χ0v) is 18.6. The summed E-state index contributed by atoms with van der Waals surface area (Å²) in [5, 5.41) is 2.55. The molecule has 0 saturated carbocycles. The third-order valence-corrected chi connectivity index (χ3v) is 4.39. The molecule has 0 radical (unpaired) electrons. The molecule has 0 saturated heterocycles. The van der Waals surface area contributed by atoms with Gasteiger partial charge in [0.1, 0.15) is 11.7 Å². The van der Waals surface area contributed by atoms with Crippen molar-refractivity contribution in [2.24, 2.45) is 0 Å². The summed E-state index contributed by atoms with van der Waals surface area (Å²) in [6, 6.07) is 16.5. The quantitative estimate of drug-likeness (QED) is 0.516. The molecule has 0 aliphatic carbocycles. The summed E-state index contributed by atoms with van der Waals surface area (Å²) >= 11 is 0. The number of ether oxygens (including phenoxy) is 2. The standard InChI is InChI=1S/C19H23NO6S.C2H6O/c1-19(2,3)24-18(21)20-14-17(15-10-6-4-7-11-15)25-26-27(22,23)16-12-8-5-9-13-16;1-3-2/h4-13,17H,14H2,1-3H3,(H,20,21);1-2H3. The second-order valence-electron chi connectivity index (χ2n) is 7.12. The molecular weight excluding hydrogens is 410 g/mol. The maximum absolute atomic E-state index is 12.2. The van der Waals surface area contributed by atoms with E-state index in [2.05, 4.69) is 10.1 Å². The predicted octanol–water partition coefficient (Wildman–Crippen LogP) is 3.85. The van der Waals surface area contributed by atoms with Crippen molar-refractivity contribution in [3.63, 3.8) is 0 Å². The topological polar surface area (TPSA) is 100 Å². The van der Waals surface area contributed by atoms with Gasteiger partial charge in [0.15, 0.2) is 0 Å². The van der Waals surface area contributed by atoms with Gasteiger partial charge in [-0.05, 0) is 38.5 Å². The molecule has 9 heteroatoms. The molecule has 1 N–H and O–H groups in total. The first-order valence-corrected chi connectivity index (χ1v) is 10.6. The molecule has 2 aromatic carbocycles. The van der Waals surface area contributed by atoms with Crippen LogP contribution in [-0.4, -0.2) is 40.9 Å². The molecule has 1 unspecified atom stereocenters. The predicted molar refractivity (Wildman–Crippen MR) is 112 cm³/mol. The lowest BCUT2D eigenvalue weighted by molar-refractivity contribution is -0.241. The largest absolute Gasteiger partial charge is 0.444 e. The van der Waals surface area contributed by atoms with Gasteiger partial charge in [0, 0.05) is 14.2 Å². The van der Waals surface area contributed by atoms with Crippen LogP contribution in [0.25, 0.3) is 0 Å². The highest BCUT2D eigenvalue weighted by Gasteiger charge is 2.23. The van der Waals surface area contributed by atoms with Gasteiger partial charge in [-0.3, -0.25) is 0 Å². The summed E-state index contributed by atoms with van der Waals surface area (Å²) < 4.78 is 38.6. The Kier molecular flexibility index (Phi) is 10.5. The lowest BCUT2D eigenvalue weighted by Crippen LogP contribution is -2.35. The highest BCUT2D eigenvalue weighted by Crippen LogP contribution is 2.20. The lowest BCUT2D eigenvalue weighted by Gasteiger charge is -2.21. The summed E-state index contributed by atoms with van der Waals surface area (Å²) in [6.45, 7) is 5.19. The second kappa shape index (κ2) is 12.3. The molecule has 0 spiro atoms. The van der Waals surface area contributed by atoms with E-state index < -0.39 is 27.9 Å². The molecule has 0 heterocycles. The van der Waals surface area contributed by atoms with Gasteiger partial charge in [0.2, 0.25) is 0 Å². The van der Waals surface area contributed by atoms with E-state index in [1.54, 1.807) is 77.5 Å². The van der Waals surface area contributed by atoms with Crippen LogP contribution in [0.4, 0.5) is 4.79 Å². The van der Waals surface area contributed by atoms with Gasteiger partial charge in [0.05, 0.1) is 11.4 Å². The normalized spacial score (nSPS) is 12.3. The van der Waals surface area contributed by atoms with Crippen molar-refractivity contribution in [2.45, 2.75) is 37.4 Å². The number of alkyl carbamates (subject to hydrolysis) is 1. The minimum absolute atomic E-state index is 0.0306. The molecule has 2 aromatic rings. The van der Waals surface area contributed by atoms with Crippen LogP contribution in [0.2, 0.25) is 0 Å². The summed E-state index contributed by atoms with van der Waals surface area (Å²) in [4.78, 5) is 17.0. The third kappa shape index (κ3) is 9.84. The Hall–Kier alpha value is -2.46. The first-order chi connectivity index (χ1) is 14.1. The monoisotopic (exact) mass is 439 g/mol. The van der Waals surface area contributed by atoms with Gasteiger partial charge in [-0.1, -0.05) is 48.5 Å². The Morgan fingerprint density at radius 1 is 0.967 bits per heavy atom. The van der Waals surface area contributed by atoms with Gasteiger partial charge in [-0.15, -0.1) is 4.33 Å². The number of amides is 1. The van der Waals surface area contributed by atoms with Crippen LogP contribution in [-0.2, 0) is 28.8 Å². The van der Waals surface area contributed by atoms with Gasteiger partial charge in [-0.2, -0.15) is 8.42 Å². The number of rotatable bonds is 7. The summed E-state index contributed by atoms with van der Waals surface area (Å²) in [5.41, 5.74) is -0.0165. The van der Waals surface area contributed by atoms with Crippen molar-refractivity contribution in [1.82, 2.24) is 5.32 Å². The summed E-state index contributed by atoms with van der Waals surface area (Å²) in [6.07, 6.45) is -1.49. The number of benzene rings is 2. The van der Waals surface area contributed by atoms with E-state index in [1.165, 1.54) is 12.1 Å². The third-order valence-electron chi connectivity index (χ3n) is 3.28. The second-order valence-corrected chi connectivity index (χ2v) is 8.64. The maximum atomic E-state index is 12.2. The van der Waals surface area contributed by atoms with E-state index in [-0.39, 0.29) is 11.4 Å². The molecule has 166 valence electrons. The number of hydrogen-bond acceptors (Lipinski definition) is 7. The number of carbonyl (C=O) groups excluding carboxylic acids is 1. The number of nitrogens with one attached hydrogen (secondary N) is 1. The molecule has 1 amide bonds. The van der Waals surface area contributed by atoms with Crippen molar-refractivity contribution in [2.75, 3.05) is 20.8 Å². The first-order valence-electron chi connectivity index (χ1n) is 9.16. The molecule has 0 bridgehead atoms. The van der Waals surface area contributed by atoms with E-state index in [9.17, 15) is 13.2 Å². The maximum Gasteiger partial charge on any atom is 0.407 e. The average Bonchev–Trinajstić information content (AvgIpc) is 2.68. The smallest absolute Gasteiger partial charge is 0.407 e. The van der Waals surface area contributed by atoms with Crippen molar-refractivity contribution < 1.29 is 31.9 Å². The lowest BCUT2D eigenvalue weighted by atomic mass is 10.1. The Labute approximate surface area is 178 Å². The Morgan fingerprint density at radius 2 is 1.47 bits per heavy atom. The van der Waals surface area contributed by atoms with E-state index in [0.717, 1.165) is 0 Å². The van der Waals surface area contributed by atoms with Crippen LogP contribution in [0.3, 0.4) is 0 Å². The van der Waals surface area contributed by atoms with Gasteiger partial charge in [0.25, 0.3) is 0 Å². The zero-order valence-electron chi connectivity index (χ0n) is 17.8. The molecule has 0 aliphatic rings. The number of methoxy groups -OCH3 is 1. The van der Waals surface area contributed by atoms with Crippen LogP contribution in [0.1, 0.15) is 32.4 Å². The Bertz CT molecular complexity index is 850. The zero-order chi connectivity index (χ0) is 22.6. The summed E-state index contributed by atoms with van der Waals surface area (Å²) in [5.74, 6) is 0. The van der Waals surface area contributed by atoms with Gasteiger partial charge >= 0.3 is 16.2 Å². The van der Waals surface area contributed by atoms with Crippen LogP contribution < -0.4 is 5.32 Å². The minimum Gasteiger partial charge on any atom is -0.444 e. The Morgan fingerprint density at radius 3 is 1.97 bits per heavy atom. The molecular formula is C21H29NO7S. The summed E-state index contributed by atoms with van der Waals surface area (Å²) in [7, 11) is -0.847. The molecule has 0 aliphatic heterocycles. The van der Waals surface area contributed by atoms with Crippen molar-refractivity contribution >= 4 is 16.2 Å². The van der Waals surface area contributed by atoms with Gasteiger partial charge < -0.3 is 14.8 Å². The average molecular weight is 440 g/mol. The van der Waals surface area contributed by atoms with E-state index >= 15 is 0 Å². The molecule has 8 nitrogen and oxygen atoms in total. The molecule has 1 atom stereocenters. The Balaban J connectivity index is 0.00000141. The van der Waals surface area contributed by atoms with Crippen molar-refractivity contribution in [1.29, 1.82) is 0 Å². The van der Waals surface area contributed by atoms with Crippen LogP contribution >= 0.6 is 0 Å². The van der Waals surface area contributed by atoms with Crippen LogP contribution in [0.15, 0.2) is 65.6 Å². The number of hydrogen-bond donors (Lipinski definition) is 1. The highest BCUT2D eigenvalue weighted by molar-refractivity contribution is 7.86. The first kappa shape index (κ1) is 25.6. The highest BCUT2D eigenvalue weighted by atomic mass is 32.2. The van der Waals surface area contributed by atoms with Crippen molar-refractivity contribution in [3.05, 3.63) is 66.2 Å². The SMILES string of the molecule is CC(C)(C)OC(=O)NCC(OOS(=O)(=O)c1ccccc1)c1ccccc1.COC. The fourth-order valence-electron chi connectivity index (χ4n) is 2.09. The molecule has 2 rings (SSSR count). The van der Waals surface area contributed by atoms with Crippen molar-refractivity contribution in [3.8, 4) is 0 Å². The number of carbonyl (C=O) groups is 1. The molecule has 30 heavy (non-hydrogen) atoms. The van der Waals surface area contributed by atoms with E-state index in [1.807, 2.05) is 6.07 Å². The molecule has 0 aromatic heterocycles.